The van der Waals surface area contributed by atoms with E-state index in [4.69, 9.17) is 0 Å². The van der Waals surface area contributed by atoms with Crippen molar-refractivity contribution in [3.63, 3.8) is 0 Å². The summed E-state index contributed by atoms with van der Waals surface area (Å²) in [6, 6.07) is 0. The van der Waals surface area contributed by atoms with E-state index in [9.17, 15) is 0 Å². The molecule has 1 rings (SSSR count). The van der Waals surface area contributed by atoms with Crippen LogP contribution in [0, 0.1) is 6.92 Å². The minimum Gasteiger partial charge on any atom is -0.317 e. The molecule has 0 bridgehead atoms. The lowest BCUT2D eigenvalue weighted by molar-refractivity contribution is 0.710. The summed E-state index contributed by atoms with van der Waals surface area (Å²) in [5.41, 5.74) is 0. The molecule has 0 radical (unpaired) electrons. The molecular weight excluding hydrogens is 158 g/mol. The number of nitrogens with one attached hydrogen (secondary N) is 1. The summed E-state index contributed by atoms with van der Waals surface area (Å²) >= 11 is 1.68. The van der Waals surface area contributed by atoms with E-state index in [1.54, 1.807) is 11.3 Å². The number of aromatic nitrogens is 2. The molecule has 0 aliphatic heterocycles. The average Bonchev–Trinajstić information content (AvgIpc) is 2.37. The highest BCUT2D eigenvalue weighted by Gasteiger charge is 1.97. The third kappa shape index (κ3) is 2.95. The number of aryl methyl sites for hydroxylation is 1. The first-order valence-electron chi connectivity index (χ1n) is 3.82. The zero-order valence-corrected chi connectivity index (χ0v) is 7.74. The summed E-state index contributed by atoms with van der Waals surface area (Å²) in [6.07, 6.45) is 0.999. The Kier molecular flexibility index (Phi) is 3.45. The van der Waals surface area contributed by atoms with E-state index in [1.807, 2.05) is 6.92 Å². The highest BCUT2D eigenvalue weighted by Crippen LogP contribution is 2.07. The summed E-state index contributed by atoms with van der Waals surface area (Å²) < 4.78 is 0. The van der Waals surface area contributed by atoms with E-state index in [2.05, 4.69) is 22.4 Å². The predicted octanol–water partition coefficient (Wildman–Crippen LogP) is 0.999. The van der Waals surface area contributed by atoms with Crippen LogP contribution in [0.4, 0.5) is 0 Å². The van der Waals surface area contributed by atoms with Gasteiger partial charge in [0.1, 0.15) is 10.0 Å². The van der Waals surface area contributed by atoms with Gasteiger partial charge in [-0.05, 0) is 13.5 Å². The molecule has 0 aliphatic carbocycles. The Balaban J connectivity index is 2.27. The zero-order valence-electron chi connectivity index (χ0n) is 6.92. The molecule has 62 valence electrons. The topological polar surface area (TPSA) is 37.8 Å². The van der Waals surface area contributed by atoms with Crippen LogP contribution in [0.1, 0.15) is 16.9 Å². The molecule has 0 spiro atoms. The first-order valence-corrected chi connectivity index (χ1v) is 4.64. The van der Waals surface area contributed by atoms with Crippen molar-refractivity contribution in [3.8, 4) is 0 Å². The molecule has 3 nitrogen and oxygen atoms in total. The summed E-state index contributed by atoms with van der Waals surface area (Å²) in [6.45, 7) is 6.11. The van der Waals surface area contributed by atoms with Gasteiger partial charge in [-0.25, -0.2) is 0 Å². The fourth-order valence-corrected chi connectivity index (χ4v) is 1.52. The van der Waals surface area contributed by atoms with Gasteiger partial charge in [-0.3, -0.25) is 0 Å². The van der Waals surface area contributed by atoms with Crippen molar-refractivity contribution in [3.05, 3.63) is 10.0 Å². The SMILES string of the molecule is CCNCCc1nnc(C)s1. The van der Waals surface area contributed by atoms with Crippen molar-refractivity contribution in [2.75, 3.05) is 13.1 Å². The van der Waals surface area contributed by atoms with Gasteiger partial charge in [-0.1, -0.05) is 6.92 Å². The minimum absolute atomic E-state index is 0.999. The van der Waals surface area contributed by atoms with Gasteiger partial charge in [0.2, 0.25) is 0 Å². The van der Waals surface area contributed by atoms with Crippen molar-refractivity contribution in [2.45, 2.75) is 20.3 Å². The van der Waals surface area contributed by atoms with Crippen molar-refractivity contribution in [2.24, 2.45) is 0 Å². The van der Waals surface area contributed by atoms with Crippen LogP contribution in [-0.4, -0.2) is 23.3 Å². The van der Waals surface area contributed by atoms with Gasteiger partial charge in [0.25, 0.3) is 0 Å². The van der Waals surface area contributed by atoms with Crippen molar-refractivity contribution in [1.82, 2.24) is 15.5 Å². The summed E-state index contributed by atoms with van der Waals surface area (Å²) in [4.78, 5) is 0. The Morgan fingerprint density at radius 3 is 2.82 bits per heavy atom. The second-order valence-corrected chi connectivity index (χ2v) is 3.58. The summed E-state index contributed by atoms with van der Waals surface area (Å²) in [7, 11) is 0. The molecule has 0 aliphatic rings. The minimum atomic E-state index is 0.999. The van der Waals surface area contributed by atoms with Gasteiger partial charge in [0.05, 0.1) is 0 Å². The largest absolute Gasteiger partial charge is 0.317 e. The fraction of sp³-hybridized carbons (Fsp3) is 0.714. The van der Waals surface area contributed by atoms with Crippen LogP contribution in [0.3, 0.4) is 0 Å². The number of hydrogen-bond acceptors (Lipinski definition) is 4. The molecule has 0 aromatic carbocycles. The van der Waals surface area contributed by atoms with Gasteiger partial charge in [0, 0.05) is 13.0 Å². The van der Waals surface area contributed by atoms with E-state index in [1.165, 1.54) is 0 Å². The Bertz CT molecular complexity index is 209. The highest BCUT2D eigenvalue weighted by atomic mass is 32.1. The standard InChI is InChI=1S/C7H13N3S/c1-3-8-5-4-7-10-9-6(2)11-7/h8H,3-5H2,1-2H3. The molecule has 0 saturated heterocycles. The molecule has 1 aromatic heterocycles. The highest BCUT2D eigenvalue weighted by molar-refractivity contribution is 7.11. The van der Waals surface area contributed by atoms with Crippen LogP contribution in [0.15, 0.2) is 0 Å². The van der Waals surface area contributed by atoms with Crippen LogP contribution in [-0.2, 0) is 6.42 Å². The number of hydrogen-bond donors (Lipinski definition) is 1. The van der Waals surface area contributed by atoms with Gasteiger partial charge >= 0.3 is 0 Å². The maximum absolute atomic E-state index is 4.02. The zero-order chi connectivity index (χ0) is 8.10. The quantitative estimate of drug-likeness (QED) is 0.687. The second kappa shape index (κ2) is 4.41. The third-order valence-electron chi connectivity index (χ3n) is 1.33. The monoisotopic (exact) mass is 171 g/mol. The number of likely N-dealkylation sites (N-methyl/N-ethyl adjacent to an activating group) is 1. The van der Waals surface area contributed by atoms with E-state index >= 15 is 0 Å². The second-order valence-electron chi connectivity index (χ2n) is 2.32. The maximum atomic E-state index is 4.02. The Morgan fingerprint density at radius 2 is 2.27 bits per heavy atom. The lowest BCUT2D eigenvalue weighted by atomic mass is 10.4. The van der Waals surface area contributed by atoms with Crippen LogP contribution < -0.4 is 5.32 Å². The van der Waals surface area contributed by atoms with Crippen molar-refractivity contribution >= 4 is 11.3 Å². The molecule has 0 fully saturated rings. The van der Waals surface area contributed by atoms with Gasteiger partial charge in [0.15, 0.2) is 0 Å². The number of rotatable bonds is 4. The summed E-state index contributed by atoms with van der Waals surface area (Å²) in [5.74, 6) is 0. The molecule has 1 N–H and O–H groups in total. The molecule has 0 amide bonds. The van der Waals surface area contributed by atoms with E-state index in [0.29, 0.717) is 0 Å². The Hall–Kier alpha value is -0.480. The molecule has 1 aromatic rings. The van der Waals surface area contributed by atoms with Crippen LogP contribution in [0.5, 0.6) is 0 Å². The molecule has 4 heteroatoms. The van der Waals surface area contributed by atoms with Crippen LogP contribution in [0.2, 0.25) is 0 Å². The first kappa shape index (κ1) is 8.62. The van der Waals surface area contributed by atoms with Gasteiger partial charge < -0.3 is 5.32 Å². The van der Waals surface area contributed by atoms with Crippen LogP contribution >= 0.6 is 11.3 Å². The van der Waals surface area contributed by atoms with Gasteiger partial charge in [-0.15, -0.1) is 21.5 Å². The first-order chi connectivity index (χ1) is 5.33. The normalized spacial score (nSPS) is 10.4. The van der Waals surface area contributed by atoms with Crippen molar-refractivity contribution < 1.29 is 0 Å². The molecule has 11 heavy (non-hydrogen) atoms. The lowest BCUT2D eigenvalue weighted by Gasteiger charge is -1.95. The van der Waals surface area contributed by atoms with E-state index in [0.717, 1.165) is 29.5 Å². The molecule has 0 unspecified atom stereocenters. The van der Waals surface area contributed by atoms with Gasteiger partial charge in [-0.2, -0.15) is 0 Å². The van der Waals surface area contributed by atoms with E-state index in [-0.39, 0.29) is 0 Å². The predicted molar refractivity (Wildman–Crippen MR) is 46.9 cm³/mol. The maximum Gasteiger partial charge on any atom is 0.118 e. The van der Waals surface area contributed by atoms with E-state index < -0.39 is 0 Å². The Morgan fingerprint density at radius 1 is 1.45 bits per heavy atom. The Labute approximate surface area is 70.9 Å². The lowest BCUT2D eigenvalue weighted by Crippen LogP contribution is -2.15. The smallest absolute Gasteiger partial charge is 0.118 e. The number of nitrogens with zero attached hydrogens (tertiary/aromatic N) is 2. The molecular formula is C7H13N3S. The molecule has 1 heterocycles. The third-order valence-corrected chi connectivity index (χ3v) is 2.23. The van der Waals surface area contributed by atoms with Crippen LogP contribution in [0.25, 0.3) is 0 Å². The molecule has 0 atom stereocenters. The average molecular weight is 171 g/mol. The van der Waals surface area contributed by atoms with Crippen molar-refractivity contribution in [1.29, 1.82) is 0 Å². The summed E-state index contributed by atoms with van der Waals surface area (Å²) in [5, 5.41) is 13.4. The fourth-order valence-electron chi connectivity index (χ4n) is 0.811. The molecule has 0 saturated carbocycles.